The minimum atomic E-state index is -0.0754. The van der Waals surface area contributed by atoms with Gasteiger partial charge in [0.25, 0.3) is 0 Å². The third-order valence-electron chi connectivity index (χ3n) is 3.47. The summed E-state index contributed by atoms with van der Waals surface area (Å²) < 4.78 is 5.75. The highest BCUT2D eigenvalue weighted by molar-refractivity contribution is 5.29. The Hall–Kier alpha value is -0.860. The first kappa shape index (κ1) is 12.6. The Labute approximate surface area is 104 Å². The summed E-state index contributed by atoms with van der Waals surface area (Å²) in [4.78, 5) is 0. The summed E-state index contributed by atoms with van der Waals surface area (Å²) in [6.07, 6.45) is 1.09. The molecule has 1 unspecified atom stereocenters. The molecule has 1 N–H and O–H groups in total. The molecule has 2 rings (SSSR count). The van der Waals surface area contributed by atoms with E-state index in [2.05, 4.69) is 57.3 Å². The highest BCUT2D eigenvalue weighted by atomic mass is 16.5. The molecule has 0 aliphatic carbocycles. The van der Waals surface area contributed by atoms with Crippen molar-refractivity contribution in [2.75, 3.05) is 13.2 Å². The van der Waals surface area contributed by atoms with E-state index < -0.39 is 0 Å². The van der Waals surface area contributed by atoms with Crippen LogP contribution in [0.2, 0.25) is 0 Å². The summed E-state index contributed by atoms with van der Waals surface area (Å²) in [7, 11) is 0. The van der Waals surface area contributed by atoms with E-state index in [1.165, 1.54) is 11.1 Å². The quantitative estimate of drug-likeness (QED) is 0.848. The second-order valence-electron chi connectivity index (χ2n) is 5.88. The first-order valence-electron chi connectivity index (χ1n) is 6.42. The predicted molar refractivity (Wildman–Crippen MR) is 71.2 cm³/mol. The molecule has 1 aliphatic rings. The maximum Gasteiger partial charge on any atom is 0.0688 e. The minimum absolute atomic E-state index is 0.0381. The smallest absolute Gasteiger partial charge is 0.0688 e. The van der Waals surface area contributed by atoms with Gasteiger partial charge in [0.1, 0.15) is 0 Å². The van der Waals surface area contributed by atoms with Crippen LogP contribution in [-0.4, -0.2) is 18.8 Å². The molecule has 0 radical (unpaired) electrons. The van der Waals surface area contributed by atoms with Gasteiger partial charge in [-0.25, -0.2) is 0 Å². The molecule has 0 spiro atoms. The number of hydrogen-bond donors (Lipinski definition) is 1. The van der Waals surface area contributed by atoms with Gasteiger partial charge in [-0.2, -0.15) is 0 Å². The summed E-state index contributed by atoms with van der Waals surface area (Å²) in [5.74, 6) is 0. The molecule has 1 aromatic carbocycles. The summed E-state index contributed by atoms with van der Waals surface area (Å²) in [6.45, 7) is 10.3. The number of rotatable bonds is 2. The average Bonchev–Trinajstić information content (AvgIpc) is 2.27. The van der Waals surface area contributed by atoms with Gasteiger partial charge in [-0.1, -0.05) is 31.2 Å². The fourth-order valence-corrected chi connectivity index (χ4v) is 2.59. The van der Waals surface area contributed by atoms with Gasteiger partial charge in [0.15, 0.2) is 0 Å². The first-order chi connectivity index (χ1) is 7.95. The highest BCUT2D eigenvalue weighted by Gasteiger charge is 2.37. The molecule has 1 heterocycles. The van der Waals surface area contributed by atoms with Crippen LogP contribution in [0.5, 0.6) is 0 Å². The molecule has 0 bridgehead atoms. The van der Waals surface area contributed by atoms with Crippen LogP contribution in [-0.2, 0) is 16.7 Å². The Kier molecular flexibility index (Phi) is 3.28. The molecule has 2 nitrogen and oxygen atoms in total. The van der Waals surface area contributed by atoms with Crippen LogP contribution in [0.25, 0.3) is 0 Å². The van der Waals surface area contributed by atoms with Crippen molar-refractivity contribution in [1.82, 2.24) is 5.32 Å². The summed E-state index contributed by atoms with van der Waals surface area (Å²) in [5, 5.41) is 3.70. The standard InChI is InChI=1S/C15H23NO/c1-5-12-6-8-13(9-7-12)15(4)11-17-10-14(2,3)16-15/h6-9,16H,5,10-11H2,1-4H3. The molecule has 1 saturated heterocycles. The Bertz CT molecular complexity index is 382. The maximum absolute atomic E-state index is 5.75. The zero-order valence-corrected chi connectivity index (χ0v) is 11.3. The molecule has 1 aromatic rings. The van der Waals surface area contributed by atoms with Gasteiger partial charge in [-0.15, -0.1) is 0 Å². The minimum Gasteiger partial charge on any atom is -0.377 e. The third-order valence-corrected chi connectivity index (χ3v) is 3.47. The maximum atomic E-state index is 5.75. The topological polar surface area (TPSA) is 21.3 Å². The van der Waals surface area contributed by atoms with Crippen LogP contribution >= 0.6 is 0 Å². The average molecular weight is 233 g/mol. The Morgan fingerprint density at radius 1 is 1.12 bits per heavy atom. The van der Waals surface area contributed by atoms with Crippen LogP contribution in [0.15, 0.2) is 24.3 Å². The van der Waals surface area contributed by atoms with Crippen LogP contribution in [0.3, 0.4) is 0 Å². The molecule has 0 amide bonds. The summed E-state index contributed by atoms with van der Waals surface area (Å²) >= 11 is 0. The highest BCUT2D eigenvalue weighted by Crippen LogP contribution is 2.28. The van der Waals surface area contributed by atoms with Crippen molar-refractivity contribution < 1.29 is 4.74 Å². The van der Waals surface area contributed by atoms with Crippen molar-refractivity contribution in [2.24, 2.45) is 0 Å². The van der Waals surface area contributed by atoms with Gasteiger partial charge < -0.3 is 4.74 Å². The van der Waals surface area contributed by atoms with Gasteiger partial charge in [0, 0.05) is 5.54 Å². The van der Waals surface area contributed by atoms with E-state index in [4.69, 9.17) is 4.74 Å². The van der Waals surface area contributed by atoms with Crippen molar-refractivity contribution in [3.8, 4) is 0 Å². The van der Waals surface area contributed by atoms with Gasteiger partial charge in [0.05, 0.1) is 18.8 Å². The number of hydrogen-bond acceptors (Lipinski definition) is 2. The van der Waals surface area contributed by atoms with E-state index >= 15 is 0 Å². The molecule has 1 fully saturated rings. The van der Waals surface area contributed by atoms with Crippen LogP contribution < -0.4 is 5.32 Å². The number of benzene rings is 1. The third kappa shape index (κ3) is 2.70. The number of morpholine rings is 1. The van der Waals surface area contributed by atoms with Gasteiger partial charge in [-0.05, 0) is 38.3 Å². The molecular weight excluding hydrogens is 210 g/mol. The van der Waals surface area contributed by atoms with Crippen LogP contribution in [0.4, 0.5) is 0 Å². The van der Waals surface area contributed by atoms with Crippen molar-refractivity contribution >= 4 is 0 Å². The van der Waals surface area contributed by atoms with Crippen molar-refractivity contribution in [1.29, 1.82) is 0 Å². The van der Waals surface area contributed by atoms with Crippen molar-refractivity contribution in [2.45, 2.75) is 45.2 Å². The lowest BCUT2D eigenvalue weighted by Gasteiger charge is -2.44. The summed E-state index contributed by atoms with van der Waals surface area (Å²) in [5.41, 5.74) is 2.65. The predicted octanol–water partition coefficient (Wildman–Crippen LogP) is 2.86. The van der Waals surface area contributed by atoms with E-state index in [0.717, 1.165) is 19.6 Å². The van der Waals surface area contributed by atoms with E-state index in [0.29, 0.717) is 0 Å². The zero-order valence-electron chi connectivity index (χ0n) is 11.3. The lowest BCUT2D eigenvalue weighted by atomic mass is 9.87. The van der Waals surface area contributed by atoms with Crippen LogP contribution in [0, 0.1) is 0 Å². The van der Waals surface area contributed by atoms with Crippen molar-refractivity contribution in [3.05, 3.63) is 35.4 Å². The molecule has 1 atom stereocenters. The van der Waals surface area contributed by atoms with E-state index in [1.54, 1.807) is 0 Å². The number of nitrogens with one attached hydrogen (secondary N) is 1. The lowest BCUT2D eigenvalue weighted by Crippen LogP contribution is -2.60. The molecule has 0 saturated carbocycles. The normalized spacial score (nSPS) is 28.0. The SMILES string of the molecule is CCc1ccc(C2(C)COCC(C)(C)N2)cc1. The molecule has 1 aliphatic heterocycles. The second kappa shape index (κ2) is 4.43. The fourth-order valence-electron chi connectivity index (χ4n) is 2.59. The van der Waals surface area contributed by atoms with E-state index in [1.807, 2.05) is 0 Å². The van der Waals surface area contributed by atoms with Gasteiger partial charge in [0.2, 0.25) is 0 Å². The molecular formula is C15H23NO. The van der Waals surface area contributed by atoms with Crippen LogP contribution in [0.1, 0.15) is 38.8 Å². The largest absolute Gasteiger partial charge is 0.377 e. The Morgan fingerprint density at radius 3 is 2.29 bits per heavy atom. The lowest BCUT2D eigenvalue weighted by molar-refractivity contribution is -0.0264. The Balaban J connectivity index is 2.24. The van der Waals surface area contributed by atoms with E-state index in [9.17, 15) is 0 Å². The monoisotopic (exact) mass is 233 g/mol. The number of ether oxygens (including phenoxy) is 1. The van der Waals surface area contributed by atoms with Gasteiger partial charge in [-0.3, -0.25) is 5.32 Å². The molecule has 2 heteroatoms. The van der Waals surface area contributed by atoms with Crippen molar-refractivity contribution in [3.63, 3.8) is 0 Å². The molecule has 17 heavy (non-hydrogen) atoms. The Morgan fingerprint density at radius 2 is 1.76 bits per heavy atom. The number of aryl methyl sites for hydroxylation is 1. The van der Waals surface area contributed by atoms with E-state index in [-0.39, 0.29) is 11.1 Å². The zero-order chi connectivity index (χ0) is 12.5. The molecule has 94 valence electrons. The second-order valence-corrected chi connectivity index (χ2v) is 5.88. The first-order valence-corrected chi connectivity index (χ1v) is 6.42. The molecule has 0 aromatic heterocycles. The fraction of sp³-hybridized carbons (Fsp3) is 0.600. The summed E-state index contributed by atoms with van der Waals surface area (Å²) in [6, 6.07) is 8.86. The van der Waals surface area contributed by atoms with Gasteiger partial charge >= 0.3 is 0 Å².